The first-order valence-electron chi connectivity index (χ1n) is 11.4. The third-order valence-corrected chi connectivity index (χ3v) is 7.38. The van der Waals surface area contributed by atoms with Crippen molar-refractivity contribution < 1.29 is 13.5 Å². The molecule has 0 radical (unpaired) electrons. The molecule has 0 amide bonds. The van der Waals surface area contributed by atoms with Crippen LogP contribution in [0.1, 0.15) is 30.5 Å². The SMILES string of the molecule is CC(C)S(=O)(=O)Nc1ccc2[nH]c(O)c(C(=Nc3ccc(CN(C)C)cc3)c3ccccc3)c2c1. The first kappa shape index (κ1) is 24.5. The number of anilines is 1. The summed E-state index contributed by atoms with van der Waals surface area (Å²) in [5, 5.41) is 11.0. The maximum absolute atomic E-state index is 12.4. The molecule has 35 heavy (non-hydrogen) atoms. The monoisotopic (exact) mass is 490 g/mol. The van der Waals surface area contributed by atoms with Gasteiger partial charge in [-0.25, -0.2) is 13.4 Å². The summed E-state index contributed by atoms with van der Waals surface area (Å²) in [6.45, 7) is 4.07. The van der Waals surface area contributed by atoms with Gasteiger partial charge in [-0.3, -0.25) is 4.72 Å². The van der Waals surface area contributed by atoms with Crippen LogP contribution in [0.2, 0.25) is 0 Å². The third-order valence-electron chi connectivity index (χ3n) is 5.62. The summed E-state index contributed by atoms with van der Waals surface area (Å²) in [7, 11) is 0.529. The van der Waals surface area contributed by atoms with E-state index >= 15 is 0 Å². The second-order valence-corrected chi connectivity index (χ2v) is 11.3. The molecule has 4 aromatic rings. The van der Waals surface area contributed by atoms with Gasteiger partial charge in [-0.15, -0.1) is 0 Å². The van der Waals surface area contributed by atoms with Crippen LogP contribution in [0, 0.1) is 0 Å². The van der Waals surface area contributed by atoms with E-state index in [0.29, 0.717) is 27.9 Å². The Morgan fingerprint density at radius 1 is 1.03 bits per heavy atom. The zero-order valence-corrected chi connectivity index (χ0v) is 21.1. The summed E-state index contributed by atoms with van der Waals surface area (Å²) in [4.78, 5) is 10.0. The minimum absolute atomic E-state index is 0.0318. The Kier molecular flexibility index (Phi) is 6.95. The number of nitrogens with one attached hydrogen (secondary N) is 2. The first-order chi connectivity index (χ1) is 16.6. The summed E-state index contributed by atoms with van der Waals surface area (Å²) in [6.07, 6.45) is 0. The highest BCUT2D eigenvalue weighted by Crippen LogP contribution is 2.33. The second-order valence-electron chi connectivity index (χ2n) is 9.04. The minimum atomic E-state index is -3.52. The van der Waals surface area contributed by atoms with Crippen molar-refractivity contribution in [3.63, 3.8) is 0 Å². The van der Waals surface area contributed by atoms with Gasteiger partial charge in [0.05, 0.1) is 22.2 Å². The Bertz CT molecular complexity index is 1460. The highest BCUT2D eigenvalue weighted by atomic mass is 32.2. The van der Waals surface area contributed by atoms with E-state index in [1.807, 2.05) is 68.7 Å². The van der Waals surface area contributed by atoms with Gasteiger partial charge in [0.2, 0.25) is 10.0 Å². The molecular weight excluding hydrogens is 460 g/mol. The van der Waals surface area contributed by atoms with Crippen LogP contribution in [-0.2, 0) is 16.6 Å². The lowest BCUT2D eigenvalue weighted by Crippen LogP contribution is -2.22. The standard InChI is InChI=1S/C27H30N4O3S/c1-18(2)35(33,34)30-22-14-15-24-23(16-22)25(27(32)29-24)26(20-8-6-5-7-9-20)28-21-12-10-19(11-13-21)17-31(3)4/h5-16,18,29-30,32H,17H2,1-4H3. The lowest BCUT2D eigenvalue weighted by molar-refractivity contribution is 0.402. The average Bonchev–Trinajstić information content (AvgIpc) is 3.13. The Hall–Kier alpha value is -3.62. The highest BCUT2D eigenvalue weighted by molar-refractivity contribution is 7.93. The molecule has 0 aliphatic rings. The van der Waals surface area contributed by atoms with Gasteiger partial charge in [0, 0.05) is 28.7 Å². The Morgan fingerprint density at radius 3 is 2.34 bits per heavy atom. The number of benzene rings is 3. The van der Waals surface area contributed by atoms with E-state index in [1.165, 1.54) is 5.56 Å². The van der Waals surface area contributed by atoms with E-state index in [4.69, 9.17) is 4.99 Å². The summed E-state index contributed by atoms with van der Waals surface area (Å²) in [5.41, 5.74) is 4.94. The average molecular weight is 491 g/mol. The van der Waals surface area contributed by atoms with E-state index in [9.17, 15) is 13.5 Å². The van der Waals surface area contributed by atoms with E-state index in [2.05, 4.69) is 14.6 Å². The van der Waals surface area contributed by atoms with Gasteiger partial charge < -0.3 is 15.0 Å². The van der Waals surface area contributed by atoms with Crippen LogP contribution >= 0.6 is 0 Å². The molecule has 0 spiro atoms. The van der Waals surface area contributed by atoms with Crippen molar-refractivity contribution >= 4 is 38.0 Å². The number of fused-ring (bicyclic) bond motifs is 1. The number of aromatic nitrogens is 1. The number of hydrogen-bond acceptors (Lipinski definition) is 5. The minimum Gasteiger partial charge on any atom is -0.494 e. The number of rotatable bonds is 8. The molecule has 0 saturated heterocycles. The molecule has 182 valence electrons. The lowest BCUT2D eigenvalue weighted by Gasteiger charge is -2.12. The van der Waals surface area contributed by atoms with Crippen molar-refractivity contribution in [3.8, 4) is 5.88 Å². The quantitative estimate of drug-likeness (QED) is 0.294. The smallest absolute Gasteiger partial charge is 0.235 e. The normalized spacial score (nSPS) is 12.6. The molecule has 0 unspecified atom stereocenters. The van der Waals surface area contributed by atoms with Gasteiger partial charge in [-0.1, -0.05) is 42.5 Å². The first-order valence-corrected chi connectivity index (χ1v) is 12.9. The number of aliphatic imine (C=N–C) groups is 1. The number of H-pyrrole nitrogens is 1. The predicted octanol–water partition coefficient (Wildman–Crippen LogP) is 5.25. The molecular formula is C27H30N4O3S. The molecule has 4 rings (SSSR count). The zero-order chi connectivity index (χ0) is 25.2. The van der Waals surface area contributed by atoms with Gasteiger partial charge in [0.15, 0.2) is 5.88 Å². The lowest BCUT2D eigenvalue weighted by atomic mass is 10.0. The van der Waals surface area contributed by atoms with E-state index in [0.717, 1.165) is 17.8 Å². The molecule has 8 heteroatoms. The van der Waals surface area contributed by atoms with Crippen molar-refractivity contribution in [2.24, 2.45) is 4.99 Å². The van der Waals surface area contributed by atoms with Crippen molar-refractivity contribution in [1.82, 2.24) is 9.88 Å². The van der Waals surface area contributed by atoms with Crippen LogP contribution in [0.3, 0.4) is 0 Å². The number of aromatic hydroxyl groups is 1. The van der Waals surface area contributed by atoms with Gasteiger partial charge in [-0.05, 0) is 63.8 Å². The number of aromatic amines is 1. The third kappa shape index (κ3) is 5.55. The van der Waals surface area contributed by atoms with Crippen LogP contribution < -0.4 is 4.72 Å². The Balaban J connectivity index is 1.85. The van der Waals surface area contributed by atoms with Crippen LogP contribution in [0.25, 0.3) is 10.9 Å². The molecule has 7 nitrogen and oxygen atoms in total. The van der Waals surface area contributed by atoms with Crippen molar-refractivity contribution in [2.45, 2.75) is 25.6 Å². The summed E-state index contributed by atoms with van der Waals surface area (Å²) < 4.78 is 27.5. The fourth-order valence-electron chi connectivity index (χ4n) is 3.79. The molecule has 0 aliphatic carbocycles. The molecule has 0 atom stereocenters. The molecule has 0 fully saturated rings. The molecule has 3 aromatic carbocycles. The van der Waals surface area contributed by atoms with Crippen molar-refractivity contribution in [1.29, 1.82) is 0 Å². The van der Waals surface area contributed by atoms with Crippen LogP contribution in [0.4, 0.5) is 11.4 Å². The van der Waals surface area contributed by atoms with E-state index in [-0.39, 0.29) is 5.88 Å². The predicted molar refractivity (Wildman–Crippen MR) is 143 cm³/mol. The molecule has 3 N–H and O–H groups in total. The van der Waals surface area contributed by atoms with Crippen molar-refractivity contribution in [2.75, 3.05) is 18.8 Å². The summed E-state index contributed by atoms with van der Waals surface area (Å²) in [6, 6.07) is 22.7. The fraction of sp³-hybridized carbons (Fsp3) is 0.222. The van der Waals surface area contributed by atoms with E-state index < -0.39 is 15.3 Å². The van der Waals surface area contributed by atoms with Gasteiger partial charge in [-0.2, -0.15) is 0 Å². The maximum Gasteiger partial charge on any atom is 0.235 e. The van der Waals surface area contributed by atoms with Crippen molar-refractivity contribution in [3.05, 3.63) is 89.5 Å². The van der Waals surface area contributed by atoms with Crippen LogP contribution in [0.15, 0.2) is 77.8 Å². The Morgan fingerprint density at radius 2 is 1.71 bits per heavy atom. The number of hydrogen-bond donors (Lipinski definition) is 3. The molecule has 0 bridgehead atoms. The highest BCUT2D eigenvalue weighted by Gasteiger charge is 2.21. The van der Waals surface area contributed by atoms with E-state index in [1.54, 1.807) is 32.0 Å². The van der Waals surface area contributed by atoms with Crippen LogP contribution in [-0.4, -0.2) is 48.5 Å². The topological polar surface area (TPSA) is 97.8 Å². The summed E-state index contributed by atoms with van der Waals surface area (Å²) in [5.74, 6) is -0.0318. The molecule has 0 aliphatic heterocycles. The van der Waals surface area contributed by atoms with Gasteiger partial charge in [0.1, 0.15) is 0 Å². The van der Waals surface area contributed by atoms with Crippen LogP contribution in [0.5, 0.6) is 5.88 Å². The Labute approximate surface area is 206 Å². The van der Waals surface area contributed by atoms with Gasteiger partial charge >= 0.3 is 0 Å². The maximum atomic E-state index is 12.4. The molecule has 0 saturated carbocycles. The number of nitrogens with zero attached hydrogens (tertiary/aromatic N) is 2. The number of sulfonamides is 1. The second kappa shape index (κ2) is 9.93. The molecule has 1 aromatic heterocycles. The fourth-order valence-corrected chi connectivity index (χ4v) is 4.49. The molecule has 1 heterocycles. The van der Waals surface area contributed by atoms with Gasteiger partial charge in [0.25, 0.3) is 0 Å². The summed E-state index contributed by atoms with van der Waals surface area (Å²) >= 11 is 0. The zero-order valence-electron chi connectivity index (χ0n) is 20.3. The largest absolute Gasteiger partial charge is 0.494 e.